The van der Waals surface area contributed by atoms with E-state index in [1.54, 1.807) is 17.2 Å². The number of aldehydes is 1. The number of aromatic nitrogens is 3. The lowest BCUT2D eigenvalue weighted by atomic mass is 10.0. The molecule has 1 aromatic carbocycles. The summed E-state index contributed by atoms with van der Waals surface area (Å²) in [4.78, 5) is 37.1. The Bertz CT molecular complexity index is 1170. The van der Waals surface area contributed by atoms with Crippen molar-refractivity contribution < 1.29 is 24.0 Å². The minimum atomic E-state index is -0.781. The van der Waals surface area contributed by atoms with E-state index in [2.05, 4.69) is 15.1 Å². The first-order valence-electron chi connectivity index (χ1n) is 11.8. The summed E-state index contributed by atoms with van der Waals surface area (Å²) in [6, 6.07) is 10.6. The maximum absolute atomic E-state index is 12.8. The number of likely N-dealkylation sites (tertiary alicyclic amines) is 2. The SMILES string of the molecule is O=C[C@@H](Oc1ccccc1)N1CCCCC1c1nc(-c2cncc(C(=O)N3CCC(O)C3)c2)no1. The number of β-amino-alcohol motifs (C(OH)–C–C–N with tert-alkyl or cyclic N) is 1. The van der Waals surface area contributed by atoms with Crippen LogP contribution in [0.2, 0.25) is 0 Å². The Kier molecular flexibility index (Phi) is 6.82. The highest BCUT2D eigenvalue weighted by Gasteiger charge is 2.35. The van der Waals surface area contributed by atoms with E-state index in [0.29, 0.717) is 54.6 Å². The molecular formula is C25H27N5O5. The van der Waals surface area contributed by atoms with Crippen molar-refractivity contribution >= 4 is 12.2 Å². The number of nitrogens with zero attached hydrogens (tertiary/aromatic N) is 5. The fraction of sp³-hybridized carbons (Fsp3) is 0.400. The monoisotopic (exact) mass is 477 g/mol. The molecule has 1 N–H and O–H groups in total. The Morgan fingerprint density at radius 3 is 2.80 bits per heavy atom. The summed E-state index contributed by atoms with van der Waals surface area (Å²) in [6.45, 7) is 1.48. The van der Waals surface area contributed by atoms with Crippen LogP contribution in [0, 0.1) is 0 Å². The predicted octanol–water partition coefficient (Wildman–Crippen LogP) is 2.47. The third-order valence-electron chi connectivity index (χ3n) is 6.41. The van der Waals surface area contributed by atoms with Crippen molar-refractivity contribution in [3.8, 4) is 17.1 Å². The summed E-state index contributed by atoms with van der Waals surface area (Å²) in [5.74, 6) is 1.13. The molecule has 10 nitrogen and oxygen atoms in total. The molecule has 1 amide bonds. The minimum absolute atomic E-state index is 0.190. The van der Waals surface area contributed by atoms with Crippen LogP contribution in [0.15, 0.2) is 53.3 Å². The molecule has 3 aromatic rings. The Morgan fingerprint density at radius 2 is 2.03 bits per heavy atom. The summed E-state index contributed by atoms with van der Waals surface area (Å²) < 4.78 is 11.6. The highest BCUT2D eigenvalue weighted by atomic mass is 16.5. The van der Waals surface area contributed by atoms with Gasteiger partial charge in [0.1, 0.15) is 5.75 Å². The van der Waals surface area contributed by atoms with Gasteiger partial charge in [0.05, 0.1) is 17.7 Å². The second-order valence-electron chi connectivity index (χ2n) is 8.82. The van der Waals surface area contributed by atoms with Crippen molar-refractivity contribution in [1.29, 1.82) is 0 Å². The molecule has 182 valence electrons. The number of carbonyl (C=O) groups is 2. The standard InChI is InChI=1S/C25H27N5O5/c31-16-22(34-20-6-2-1-3-7-20)30-10-5-4-8-21(30)24-27-23(28-35-24)17-12-18(14-26-13-17)25(33)29-11-9-19(32)15-29/h1-3,6-7,12-14,16,19,21-22,32H,4-5,8-11,15H2/t19?,21?,22-/m1/s1. The first kappa shape index (κ1) is 23.1. The zero-order valence-corrected chi connectivity index (χ0v) is 19.2. The van der Waals surface area contributed by atoms with Gasteiger partial charge in [-0.25, -0.2) is 0 Å². The van der Waals surface area contributed by atoms with Crippen molar-refractivity contribution in [1.82, 2.24) is 24.9 Å². The lowest BCUT2D eigenvalue weighted by Crippen LogP contribution is -2.45. The zero-order chi connectivity index (χ0) is 24.2. The van der Waals surface area contributed by atoms with E-state index in [1.165, 1.54) is 6.20 Å². The highest BCUT2D eigenvalue weighted by molar-refractivity contribution is 5.95. The lowest BCUT2D eigenvalue weighted by molar-refractivity contribution is -0.126. The lowest BCUT2D eigenvalue weighted by Gasteiger charge is -2.36. The van der Waals surface area contributed by atoms with Crippen molar-refractivity contribution in [2.24, 2.45) is 0 Å². The molecular weight excluding hydrogens is 450 g/mol. The molecule has 3 atom stereocenters. The first-order valence-corrected chi connectivity index (χ1v) is 11.8. The van der Waals surface area contributed by atoms with Gasteiger partial charge in [-0.15, -0.1) is 0 Å². The number of aliphatic hydroxyl groups is 1. The van der Waals surface area contributed by atoms with E-state index in [9.17, 15) is 14.7 Å². The number of pyridine rings is 1. The average molecular weight is 478 g/mol. The summed E-state index contributed by atoms with van der Waals surface area (Å²) >= 11 is 0. The van der Waals surface area contributed by atoms with Crippen LogP contribution in [0.3, 0.4) is 0 Å². The fourth-order valence-electron chi connectivity index (χ4n) is 4.61. The summed E-state index contributed by atoms with van der Waals surface area (Å²) in [7, 11) is 0. The van der Waals surface area contributed by atoms with Gasteiger partial charge in [0.25, 0.3) is 5.91 Å². The van der Waals surface area contributed by atoms with Crippen molar-refractivity contribution in [3.05, 3.63) is 60.2 Å². The number of rotatable bonds is 7. The van der Waals surface area contributed by atoms with Crippen LogP contribution in [-0.2, 0) is 4.79 Å². The summed E-state index contributed by atoms with van der Waals surface area (Å²) in [5.41, 5.74) is 0.958. The van der Waals surface area contributed by atoms with Crippen molar-refractivity contribution in [3.63, 3.8) is 0 Å². The number of benzene rings is 1. The van der Waals surface area contributed by atoms with E-state index in [0.717, 1.165) is 25.5 Å². The summed E-state index contributed by atoms with van der Waals surface area (Å²) in [5, 5.41) is 13.9. The number of para-hydroxylation sites is 1. The maximum Gasteiger partial charge on any atom is 0.255 e. The van der Waals surface area contributed by atoms with Gasteiger partial charge in [-0.1, -0.05) is 29.8 Å². The third-order valence-corrected chi connectivity index (χ3v) is 6.41. The van der Waals surface area contributed by atoms with Crippen LogP contribution in [0.4, 0.5) is 0 Å². The Morgan fingerprint density at radius 1 is 1.17 bits per heavy atom. The summed E-state index contributed by atoms with van der Waals surface area (Å²) in [6.07, 6.45) is 5.80. The predicted molar refractivity (Wildman–Crippen MR) is 124 cm³/mol. The molecule has 0 aliphatic carbocycles. The first-order chi connectivity index (χ1) is 17.1. The highest BCUT2D eigenvalue weighted by Crippen LogP contribution is 2.33. The number of piperidine rings is 1. The second-order valence-corrected chi connectivity index (χ2v) is 8.82. The largest absolute Gasteiger partial charge is 0.468 e. The molecule has 0 saturated carbocycles. The van der Waals surface area contributed by atoms with Crippen LogP contribution in [0.25, 0.3) is 11.4 Å². The van der Waals surface area contributed by atoms with Crippen molar-refractivity contribution in [2.75, 3.05) is 19.6 Å². The van der Waals surface area contributed by atoms with Gasteiger partial charge in [0.2, 0.25) is 17.9 Å². The molecule has 2 aliphatic rings. The normalized spacial score (nSPS) is 21.6. The van der Waals surface area contributed by atoms with E-state index in [4.69, 9.17) is 9.26 Å². The van der Waals surface area contributed by atoms with Crippen LogP contribution in [0.5, 0.6) is 5.75 Å². The smallest absolute Gasteiger partial charge is 0.255 e. The molecule has 0 bridgehead atoms. The Labute approximate surface area is 202 Å². The fourth-order valence-corrected chi connectivity index (χ4v) is 4.61. The van der Waals surface area contributed by atoms with E-state index in [-0.39, 0.29) is 11.9 Å². The van der Waals surface area contributed by atoms with Gasteiger partial charge >= 0.3 is 0 Å². The van der Waals surface area contributed by atoms with Crippen LogP contribution >= 0.6 is 0 Å². The second kappa shape index (κ2) is 10.3. The topological polar surface area (TPSA) is 122 Å². The molecule has 2 fully saturated rings. The molecule has 0 radical (unpaired) electrons. The molecule has 0 spiro atoms. The minimum Gasteiger partial charge on any atom is -0.468 e. The third kappa shape index (κ3) is 5.08. The molecule has 4 heterocycles. The number of aliphatic hydroxyl groups excluding tert-OH is 1. The molecule has 2 aliphatic heterocycles. The number of hydrogen-bond acceptors (Lipinski definition) is 9. The van der Waals surface area contributed by atoms with Gasteiger partial charge < -0.3 is 19.3 Å². The van der Waals surface area contributed by atoms with E-state index < -0.39 is 12.3 Å². The van der Waals surface area contributed by atoms with Crippen LogP contribution in [-0.4, -0.2) is 74.2 Å². The molecule has 2 unspecified atom stereocenters. The van der Waals surface area contributed by atoms with Crippen molar-refractivity contribution in [2.45, 2.75) is 44.1 Å². The molecule has 10 heteroatoms. The Hall–Kier alpha value is -3.63. The number of ether oxygens (including phenoxy) is 1. The molecule has 2 saturated heterocycles. The number of carbonyl (C=O) groups excluding carboxylic acids is 2. The van der Waals surface area contributed by atoms with Gasteiger partial charge in [-0.3, -0.25) is 19.5 Å². The average Bonchev–Trinajstić information content (AvgIpc) is 3.57. The molecule has 35 heavy (non-hydrogen) atoms. The van der Waals surface area contributed by atoms with Crippen LogP contribution in [0.1, 0.15) is 48.0 Å². The van der Waals surface area contributed by atoms with Gasteiger partial charge in [0.15, 0.2) is 6.29 Å². The molecule has 5 rings (SSSR count). The van der Waals surface area contributed by atoms with E-state index in [1.807, 2.05) is 35.2 Å². The number of amides is 1. The quantitative estimate of drug-likeness (QED) is 0.511. The zero-order valence-electron chi connectivity index (χ0n) is 19.2. The number of hydrogen-bond donors (Lipinski definition) is 1. The van der Waals surface area contributed by atoms with Crippen LogP contribution < -0.4 is 4.74 Å². The van der Waals surface area contributed by atoms with Gasteiger partial charge in [-0.2, -0.15) is 4.98 Å². The maximum atomic E-state index is 12.8. The van der Waals surface area contributed by atoms with Gasteiger partial charge in [0, 0.05) is 37.6 Å². The molecule has 2 aromatic heterocycles. The van der Waals surface area contributed by atoms with E-state index >= 15 is 0 Å². The Balaban J connectivity index is 1.35. The van der Waals surface area contributed by atoms with Gasteiger partial charge in [-0.05, 0) is 37.5 Å².